The molecule has 0 spiro atoms. The van der Waals surface area contributed by atoms with Crippen LogP contribution in [0.15, 0.2) is 195 Å². The lowest BCUT2D eigenvalue weighted by atomic mass is 9.94. The number of nitrogens with one attached hydrogen (secondary N) is 8. The number of hydrazone groups is 1. The summed E-state index contributed by atoms with van der Waals surface area (Å²) in [5.74, 6) is 2.01. The van der Waals surface area contributed by atoms with Crippen molar-refractivity contribution in [1.82, 2.24) is 105 Å². The molecule has 5 aliphatic rings. The molecule has 0 bridgehead atoms. The van der Waals surface area contributed by atoms with Gasteiger partial charge in [-0.2, -0.15) is 33.2 Å². The summed E-state index contributed by atoms with van der Waals surface area (Å²) < 4.78 is 116. The van der Waals surface area contributed by atoms with Crippen molar-refractivity contribution in [2.24, 2.45) is 12.1 Å². The second kappa shape index (κ2) is 39.5. The Labute approximate surface area is 787 Å². The molecule has 13 heterocycles. The highest BCUT2D eigenvalue weighted by Crippen LogP contribution is 2.40. The molecule has 9 aromatic heterocycles. The van der Waals surface area contributed by atoms with Crippen LogP contribution in [0, 0.1) is 32.4 Å². The van der Waals surface area contributed by atoms with E-state index < -0.39 is 44.7 Å². The number of likely N-dealkylation sites (tertiary alicyclic amines) is 1. The minimum Gasteiger partial charge on any atom is -0.490 e. The Bertz CT molecular complexity index is 7360. The van der Waals surface area contributed by atoms with Crippen molar-refractivity contribution >= 4 is 101 Å². The van der Waals surface area contributed by atoms with E-state index in [9.17, 15) is 40.4 Å². The van der Waals surface area contributed by atoms with Crippen molar-refractivity contribution in [1.29, 1.82) is 0 Å². The SMILES string of the molecule is C[n+]1nc(-c2ccc(-c3cc4cnc(Nc5ccc(OC6CCNCC6)cc5)nc4n(Cc4ccccc4C(F)(F)F)c3=O)c(F)c2)n[nH]1.Cc1ccc(-c2cc3cnc(Nc4ccc(N5CCNCC5)c(F)c4)nc3n(C(C)C)c2=O)c(-c2nccs2)c1.Cc1nn(C2=NNNN2C)c(C)c1-c1cc2cnc(Nc3ccc(OC4CCN(C)C4)cc3)nc2n(C2CCC(S(C)(=O)=O)CC2)c1=O. The van der Waals surface area contributed by atoms with Crippen molar-refractivity contribution in [3.63, 3.8) is 0 Å². The monoisotopic (exact) mass is 1900 g/mol. The third-order valence-corrected chi connectivity index (χ3v) is 27.4. The van der Waals surface area contributed by atoms with E-state index in [4.69, 9.17) is 24.5 Å². The molecule has 15 aromatic rings. The molecule has 4 aliphatic heterocycles. The summed E-state index contributed by atoms with van der Waals surface area (Å²) in [6.45, 7) is 16.2. The van der Waals surface area contributed by atoms with Gasteiger partial charge in [-0.05, 0) is 230 Å². The number of alkyl halides is 3. The number of aryl methyl sites for hydroxylation is 3. The molecule has 137 heavy (non-hydrogen) atoms. The highest BCUT2D eigenvalue weighted by Gasteiger charge is 2.36. The number of aromatic amines is 1. The molecule has 0 radical (unpaired) electrons. The summed E-state index contributed by atoms with van der Waals surface area (Å²) in [5.41, 5.74) is 13.3. The van der Waals surface area contributed by atoms with Crippen LogP contribution in [-0.2, 0) is 29.6 Å². The van der Waals surface area contributed by atoms with Crippen LogP contribution in [0.1, 0.15) is 99.0 Å². The number of benzene rings is 6. The molecule has 8 N–H and O–H groups in total. The van der Waals surface area contributed by atoms with Crippen molar-refractivity contribution < 1.29 is 44.6 Å². The smallest absolute Gasteiger partial charge is 0.416 e. The van der Waals surface area contributed by atoms with Crippen molar-refractivity contribution in [2.45, 2.75) is 122 Å². The average Bonchev–Trinajstić information content (AvgIpc) is 1.57. The number of fused-ring (bicyclic) bond motifs is 3. The summed E-state index contributed by atoms with van der Waals surface area (Å²) in [4.78, 5) is 80.4. The second-order valence-corrected chi connectivity index (χ2v) is 38.1. The van der Waals surface area contributed by atoms with Crippen LogP contribution in [0.3, 0.4) is 0 Å². The predicted octanol–water partition coefficient (Wildman–Crippen LogP) is 13.6. The fourth-order valence-electron chi connectivity index (χ4n) is 18.0. The van der Waals surface area contributed by atoms with Crippen LogP contribution >= 0.6 is 11.3 Å². The lowest BCUT2D eigenvalue weighted by Crippen LogP contribution is -2.43. The van der Waals surface area contributed by atoms with Gasteiger partial charge in [0.2, 0.25) is 17.8 Å². The number of sulfone groups is 1. The minimum atomic E-state index is -4.67. The molecular formula is C96H101F5N27O7S2+. The first-order valence-corrected chi connectivity index (χ1v) is 47.9. The van der Waals surface area contributed by atoms with Gasteiger partial charge in [-0.25, -0.2) is 47.4 Å². The number of nitrogens with zero attached hydrogens (tertiary/aromatic N) is 19. The Morgan fingerprint density at radius 1 is 0.613 bits per heavy atom. The van der Waals surface area contributed by atoms with Crippen LogP contribution in [0.25, 0.3) is 88.4 Å². The first kappa shape index (κ1) is 93.0. The van der Waals surface area contributed by atoms with Crippen LogP contribution in [0.2, 0.25) is 0 Å². The Balaban J connectivity index is 0.000000137. The first-order valence-electron chi connectivity index (χ1n) is 45.0. The molecule has 708 valence electrons. The number of likely N-dealkylation sites (N-methyl/N-ethyl adjacent to an activating group) is 1. The summed E-state index contributed by atoms with van der Waals surface area (Å²) in [7, 11) is 2.35. The van der Waals surface area contributed by atoms with E-state index in [2.05, 4.69) is 101 Å². The number of hydrogen-bond acceptors (Lipinski definition) is 29. The van der Waals surface area contributed by atoms with E-state index in [1.54, 1.807) is 80.1 Å². The lowest BCUT2D eigenvalue weighted by molar-refractivity contribution is -0.783. The summed E-state index contributed by atoms with van der Waals surface area (Å²) in [5, 5.41) is 41.7. The van der Waals surface area contributed by atoms with E-state index >= 15 is 4.39 Å². The Morgan fingerprint density at radius 3 is 1.83 bits per heavy atom. The number of pyridine rings is 3. The van der Waals surface area contributed by atoms with Crippen LogP contribution in [0.5, 0.6) is 11.5 Å². The first-order chi connectivity index (χ1) is 66.0. The van der Waals surface area contributed by atoms with E-state index in [0.29, 0.717) is 111 Å². The Morgan fingerprint density at radius 2 is 1.23 bits per heavy atom. The molecule has 1 atom stereocenters. The van der Waals surface area contributed by atoms with E-state index in [0.717, 1.165) is 132 Å². The molecule has 6 aromatic carbocycles. The van der Waals surface area contributed by atoms with Gasteiger partial charge in [0.1, 0.15) is 74.2 Å². The fourth-order valence-corrected chi connectivity index (χ4v) is 19.8. The quantitative estimate of drug-likeness (QED) is 0.0245. The number of aromatic nitrogens is 16. The third-order valence-electron chi connectivity index (χ3n) is 24.9. The van der Waals surface area contributed by atoms with Gasteiger partial charge in [0.25, 0.3) is 22.6 Å². The topological polar surface area (TPSA) is 378 Å². The Kier molecular flexibility index (Phi) is 26.8. The van der Waals surface area contributed by atoms with Gasteiger partial charge in [0.05, 0.1) is 56.2 Å². The van der Waals surface area contributed by atoms with Gasteiger partial charge in [-0.15, -0.1) is 22.0 Å². The molecule has 34 nitrogen and oxygen atoms in total. The van der Waals surface area contributed by atoms with Crippen LogP contribution in [0.4, 0.5) is 62.5 Å². The van der Waals surface area contributed by atoms with Crippen LogP contribution in [-0.4, -0.2) is 188 Å². The normalized spacial score (nSPS) is 16.6. The van der Waals surface area contributed by atoms with Gasteiger partial charge < -0.3 is 45.9 Å². The van der Waals surface area contributed by atoms with Gasteiger partial charge in [-0.1, -0.05) is 46.8 Å². The van der Waals surface area contributed by atoms with Gasteiger partial charge in [-0.3, -0.25) is 33.1 Å². The second-order valence-electron chi connectivity index (χ2n) is 34.9. The third kappa shape index (κ3) is 20.5. The average molecular weight is 1900 g/mol. The number of tetrazole rings is 1. The number of hydrazine groups is 2. The van der Waals surface area contributed by atoms with E-state index in [1.807, 2.05) is 119 Å². The fraction of sp³-hybridized carbons (Fsp3) is 0.323. The number of ether oxygens (including phenoxy) is 2. The van der Waals surface area contributed by atoms with Crippen molar-refractivity contribution in [2.75, 3.05) is 93.6 Å². The van der Waals surface area contributed by atoms with Crippen LogP contribution < -0.4 is 73.5 Å². The highest BCUT2D eigenvalue weighted by molar-refractivity contribution is 7.91. The number of piperidine rings is 1. The standard InChI is InChI=1S/C34H29F4N9O2.C32H41N11O4S.C30H30FN7OS/c1-46-44-30(43-45-46)20-6-11-26(29(35)17-20)27-16-22-18-40-33(41-23-7-9-24(10-8-23)49-25-12-14-39-15-13-25)42-31(22)47(32(27)48)19-21-4-2-3-5-28(21)34(36,37)38;1-19-28(20(2)43(37-19)32-36-38-39-41(32)4)27-16-21-17-33-31(34-22-6-10-24(11-7-22)47-25-14-15-40(3)18-25)35-29(21)42(30(27)44)23-8-12-26(13-9-23)48(5,45)46;1-18(2)38-27-20(15-24(29(38)39)22-6-4-19(3)14-23(22)28-33-10-13-40-28)17-34-30(36-27)35-21-5-7-26(25(31)16-21)37-11-8-32-9-12-37/h2-11,16-18,25,39H,12-15,19H2,1H3,(H,40,41,42,44,48);6-7,10-11,16-17,23,25-26,38-39H,8-9,12-15,18H2,1-5H3,(H,33,34,35);4-7,10,13-18,32H,8-9,11-12H2,1-3H3,(H,34,35,36)/p+1. The molecule has 1 aliphatic carbocycles. The van der Waals surface area contributed by atoms with Gasteiger partial charge in [0.15, 0.2) is 0 Å². The molecule has 3 saturated heterocycles. The summed E-state index contributed by atoms with van der Waals surface area (Å²) >= 11 is 1.54. The zero-order valence-electron chi connectivity index (χ0n) is 76.5. The Hall–Kier alpha value is -14.4. The molecule has 0 amide bonds. The van der Waals surface area contributed by atoms with Gasteiger partial charge >= 0.3 is 12.0 Å². The lowest BCUT2D eigenvalue weighted by Gasteiger charge is -2.29. The largest absolute Gasteiger partial charge is 0.490 e. The number of thiazole rings is 1. The molecule has 1 unspecified atom stereocenters. The number of piperazine rings is 1. The maximum Gasteiger partial charge on any atom is 0.416 e. The molecule has 20 rings (SSSR count). The maximum atomic E-state index is 15.6. The predicted molar refractivity (Wildman–Crippen MR) is 517 cm³/mol. The number of H-pyrrole nitrogens is 1. The number of halogens is 5. The van der Waals surface area contributed by atoms with E-state index in [1.165, 1.54) is 59.7 Å². The number of hydrogen-bond donors (Lipinski definition) is 8. The highest BCUT2D eigenvalue weighted by atomic mass is 32.2. The zero-order chi connectivity index (χ0) is 95.7. The summed E-state index contributed by atoms with van der Waals surface area (Å²) in [6.07, 6.45) is 8.44. The van der Waals surface area contributed by atoms with Crippen molar-refractivity contribution in [3.05, 3.63) is 247 Å². The zero-order valence-corrected chi connectivity index (χ0v) is 78.1. The number of rotatable bonds is 21. The molecule has 41 heteroatoms. The maximum absolute atomic E-state index is 15.6. The summed E-state index contributed by atoms with van der Waals surface area (Å²) in [6, 6.07) is 39.9. The van der Waals surface area contributed by atoms with Crippen molar-refractivity contribution in [3.8, 4) is 66.8 Å². The van der Waals surface area contributed by atoms with E-state index in [-0.39, 0.29) is 75.3 Å². The number of anilines is 7. The minimum absolute atomic E-state index is 0.0533. The molecule has 4 fully saturated rings. The van der Waals surface area contributed by atoms with Gasteiger partial charge in [0, 0.05) is 150 Å². The molecule has 1 saturated carbocycles. The molecular weight excluding hydrogens is 1800 g/mol.